The molecule has 2 rings (SSSR count). The zero-order valence-electron chi connectivity index (χ0n) is 9.56. The van der Waals surface area contributed by atoms with Gasteiger partial charge in [0.25, 0.3) is 0 Å². The summed E-state index contributed by atoms with van der Waals surface area (Å²) in [5, 5.41) is 9.76. The van der Waals surface area contributed by atoms with E-state index in [1.807, 2.05) is 0 Å². The van der Waals surface area contributed by atoms with Crippen LogP contribution in [0.2, 0.25) is 10.0 Å². The van der Waals surface area contributed by atoms with Gasteiger partial charge in [0.1, 0.15) is 5.75 Å². The van der Waals surface area contributed by atoms with E-state index in [1.165, 1.54) is 12.1 Å². The number of nitrogens with two attached hydrogens (primary N) is 1. The summed E-state index contributed by atoms with van der Waals surface area (Å²) >= 11 is 11.7. The van der Waals surface area contributed by atoms with Crippen LogP contribution in [0.1, 0.15) is 10.4 Å². The molecule has 0 aliphatic rings. The van der Waals surface area contributed by atoms with Crippen molar-refractivity contribution in [3.8, 4) is 11.5 Å². The lowest BCUT2D eigenvalue weighted by atomic mass is 10.1. The zero-order valence-corrected chi connectivity index (χ0v) is 11.1. The van der Waals surface area contributed by atoms with Crippen molar-refractivity contribution in [1.29, 1.82) is 0 Å². The van der Waals surface area contributed by atoms with Gasteiger partial charge in [-0.05, 0) is 30.3 Å². The molecule has 0 saturated heterocycles. The number of anilines is 1. The predicted octanol–water partition coefficient (Wildman–Crippen LogP) is 4.07. The maximum absolute atomic E-state index is 11.0. The predicted molar refractivity (Wildman–Crippen MR) is 74.3 cm³/mol. The van der Waals surface area contributed by atoms with Crippen molar-refractivity contribution in [2.45, 2.75) is 0 Å². The summed E-state index contributed by atoms with van der Waals surface area (Å²) in [7, 11) is 0. The minimum atomic E-state index is -1.12. The van der Waals surface area contributed by atoms with Crippen LogP contribution >= 0.6 is 23.2 Å². The monoisotopic (exact) mass is 297 g/mol. The molecule has 98 valence electrons. The van der Waals surface area contributed by atoms with E-state index in [0.717, 1.165) is 0 Å². The lowest BCUT2D eigenvalue weighted by molar-refractivity contribution is 0.0698. The Morgan fingerprint density at radius 2 is 1.89 bits per heavy atom. The number of carboxylic acid groups (broad SMARTS) is 1. The first-order chi connectivity index (χ1) is 8.99. The number of hydrogen-bond acceptors (Lipinski definition) is 3. The number of carbonyl (C=O) groups is 1. The smallest absolute Gasteiger partial charge is 0.337 e. The number of rotatable bonds is 3. The van der Waals surface area contributed by atoms with Crippen LogP contribution in [0.3, 0.4) is 0 Å². The maximum atomic E-state index is 11.0. The largest absolute Gasteiger partial charge is 0.478 e. The van der Waals surface area contributed by atoms with Gasteiger partial charge in [-0.25, -0.2) is 4.79 Å². The molecular weight excluding hydrogens is 289 g/mol. The molecule has 0 radical (unpaired) electrons. The molecule has 0 amide bonds. The topological polar surface area (TPSA) is 72.5 Å². The summed E-state index contributed by atoms with van der Waals surface area (Å²) in [5.41, 5.74) is 5.75. The van der Waals surface area contributed by atoms with E-state index in [4.69, 9.17) is 38.8 Å². The quantitative estimate of drug-likeness (QED) is 0.838. The van der Waals surface area contributed by atoms with Crippen LogP contribution in [-0.2, 0) is 0 Å². The number of benzene rings is 2. The molecule has 2 aromatic carbocycles. The highest BCUT2D eigenvalue weighted by Crippen LogP contribution is 2.35. The highest BCUT2D eigenvalue weighted by atomic mass is 35.5. The van der Waals surface area contributed by atoms with Crippen molar-refractivity contribution in [2.75, 3.05) is 5.73 Å². The molecule has 0 spiro atoms. The van der Waals surface area contributed by atoms with Gasteiger partial charge in [-0.1, -0.05) is 29.3 Å². The molecule has 19 heavy (non-hydrogen) atoms. The summed E-state index contributed by atoms with van der Waals surface area (Å²) in [6, 6.07) is 9.22. The summed E-state index contributed by atoms with van der Waals surface area (Å²) in [6.45, 7) is 0. The first-order valence-electron chi connectivity index (χ1n) is 5.23. The number of halogens is 2. The Labute approximate surface area is 119 Å². The molecule has 0 aromatic heterocycles. The minimum absolute atomic E-state index is 0.0254. The van der Waals surface area contributed by atoms with Crippen molar-refractivity contribution in [3.63, 3.8) is 0 Å². The zero-order chi connectivity index (χ0) is 14.0. The SMILES string of the molecule is Nc1c(Oc2ccc(Cl)cc2Cl)cccc1C(=O)O. The van der Waals surface area contributed by atoms with E-state index < -0.39 is 5.97 Å². The van der Waals surface area contributed by atoms with Crippen molar-refractivity contribution < 1.29 is 14.6 Å². The summed E-state index contributed by atoms with van der Waals surface area (Å²) < 4.78 is 5.51. The molecule has 0 heterocycles. The molecule has 0 aliphatic carbocycles. The molecule has 0 saturated carbocycles. The second-order valence-electron chi connectivity index (χ2n) is 3.70. The molecule has 0 fully saturated rings. The van der Waals surface area contributed by atoms with Gasteiger partial charge in [0.05, 0.1) is 16.3 Å². The first kappa shape index (κ1) is 13.5. The Balaban J connectivity index is 2.38. The van der Waals surface area contributed by atoms with Gasteiger partial charge in [0, 0.05) is 5.02 Å². The highest BCUT2D eigenvalue weighted by Gasteiger charge is 2.13. The summed E-state index contributed by atoms with van der Waals surface area (Å²) in [6.07, 6.45) is 0. The summed E-state index contributed by atoms with van der Waals surface area (Å²) in [4.78, 5) is 11.0. The van der Waals surface area contributed by atoms with E-state index in [1.54, 1.807) is 24.3 Å². The molecule has 0 atom stereocenters. The van der Waals surface area contributed by atoms with Gasteiger partial charge in [0.2, 0.25) is 0 Å². The van der Waals surface area contributed by atoms with E-state index in [0.29, 0.717) is 15.8 Å². The second-order valence-corrected chi connectivity index (χ2v) is 4.54. The Morgan fingerprint density at radius 3 is 2.53 bits per heavy atom. The molecule has 4 nitrogen and oxygen atoms in total. The van der Waals surface area contributed by atoms with Crippen LogP contribution in [0, 0.1) is 0 Å². The van der Waals surface area contributed by atoms with Gasteiger partial charge in [0.15, 0.2) is 5.75 Å². The third kappa shape index (κ3) is 2.92. The second kappa shape index (κ2) is 5.38. The van der Waals surface area contributed by atoms with E-state index in [-0.39, 0.29) is 17.0 Å². The fraction of sp³-hybridized carbons (Fsp3) is 0. The van der Waals surface area contributed by atoms with Gasteiger partial charge < -0.3 is 15.6 Å². The number of nitrogen functional groups attached to an aromatic ring is 1. The molecular formula is C13H9Cl2NO3. The number of hydrogen-bond donors (Lipinski definition) is 2. The van der Waals surface area contributed by atoms with Gasteiger partial charge in [-0.2, -0.15) is 0 Å². The fourth-order valence-electron chi connectivity index (χ4n) is 1.50. The minimum Gasteiger partial charge on any atom is -0.478 e. The number of aromatic carboxylic acids is 1. The Bertz CT molecular complexity index is 644. The van der Waals surface area contributed by atoms with Crippen LogP contribution in [0.15, 0.2) is 36.4 Å². The van der Waals surface area contributed by atoms with E-state index >= 15 is 0 Å². The van der Waals surface area contributed by atoms with Gasteiger partial charge >= 0.3 is 5.97 Å². The Morgan fingerprint density at radius 1 is 1.16 bits per heavy atom. The highest BCUT2D eigenvalue weighted by molar-refractivity contribution is 6.35. The standard InChI is InChI=1S/C13H9Cl2NO3/c14-7-4-5-10(9(15)6-7)19-11-3-1-2-8(12(11)16)13(17)18/h1-6H,16H2,(H,17,18). The Hall–Kier alpha value is -1.91. The third-order valence-corrected chi connectivity index (χ3v) is 2.94. The maximum Gasteiger partial charge on any atom is 0.337 e. The van der Waals surface area contributed by atoms with Crippen LogP contribution in [0.25, 0.3) is 0 Å². The average molecular weight is 298 g/mol. The fourth-order valence-corrected chi connectivity index (χ4v) is 1.94. The van der Waals surface area contributed by atoms with Gasteiger partial charge in [-0.15, -0.1) is 0 Å². The van der Waals surface area contributed by atoms with Crippen molar-refractivity contribution in [1.82, 2.24) is 0 Å². The van der Waals surface area contributed by atoms with Crippen LogP contribution in [0.4, 0.5) is 5.69 Å². The van der Waals surface area contributed by atoms with Crippen molar-refractivity contribution in [2.24, 2.45) is 0 Å². The van der Waals surface area contributed by atoms with Crippen molar-refractivity contribution >= 4 is 34.9 Å². The Kier molecular flexibility index (Phi) is 3.83. The van der Waals surface area contributed by atoms with Crippen LogP contribution in [0.5, 0.6) is 11.5 Å². The molecule has 0 bridgehead atoms. The molecule has 0 unspecified atom stereocenters. The third-order valence-electron chi connectivity index (χ3n) is 2.41. The van der Waals surface area contributed by atoms with Crippen LogP contribution < -0.4 is 10.5 Å². The molecule has 6 heteroatoms. The van der Waals surface area contributed by atoms with E-state index in [9.17, 15) is 4.79 Å². The molecule has 3 N–H and O–H groups in total. The lowest BCUT2D eigenvalue weighted by Crippen LogP contribution is -2.03. The number of para-hydroxylation sites is 1. The molecule has 0 aliphatic heterocycles. The van der Waals surface area contributed by atoms with Gasteiger partial charge in [-0.3, -0.25) is 0 Å². The van der Waals surface area contributed by atoms with Crippen LogP contribution in [-0.4, -0.2) is 11.1 Å². The normalized spacial score (nSPS) is 10.2. The van der Waals surface area contributed by atoms with Crippen molar-refractivity contribution in [3.05, 3.63) is 52.0 Å². The lowest BCUT2D eigenvalue weighted by Gasteiger charge is -2.11. The molecule has 2 aromatic rings. The first-order valence-corrected chi connectivity index (χ1v) is 5.99. The summed E-state index contributed by atoms with van der Waals surface area (Å²) in [5.74, 6) is -0.547. The average Bonchev–Trinajstić information content (AvgIpc) is 2.34. The van der Waals surface area contributed by atoms with E-state index in [2.05, 4.69) is 0 Å². The number of ether oxygens (including phenoxy) is 1. The number of carboxylic acids is 1.